The van der Waals surface area contributed by atoms with E-state index in [-0.39, 0.29) is 6.04 Å². The van der Waals surface area contributed by atoms with Crippen LogP contribution >= 0.6 is 0 Å². The summed E-state index contributed by atoms with van der Waals surface area (Å²) in [5, 5.41) is 14.0. The summed E-state index contributed by atoms with van der Waals surface area (Å²) in [7, 11) is 0. The number of amides is 1. The molecule has 1 rings (SSSR count). The Morgan fingerprint density at radius 3 is 2.91 bits per heavy atom. The van der Waals surface area contributed by atoms with Crippen LogP contribution in [0, 0.1) is 5.92 Å². The maximum atomic E-state index is 10.2. The molecular formula is C7H14N2O2. The molecule has 1 aliphatic rings. The molecule has 0 unspecified atom stereocenters. The van der Waals surface area contributed by atoms with E-state index in [1.165, 1.54) is 0 Å². The highest BCUT2D eigenvalue weighted by Crippen LogP contribution is 2.08. The summed E-state index contributed by atoms with van der Waals surface area (Å²) in [5.74, 6) is 0.570. The summed E-state index contributed by atoms with van der Waals surface area (Å²) in [6.07, 6.45) is 0.0187. The predicted molar refractivity (Wildman–Crippen MR) is 41.6 cm³/mol. The van der Waals surface area contributed by atoms with Crippen molar-refractivity contribution >= 4 is 6.09 Å². The first-order valence-electron chi connectivity index (χ1n) is 3.88. The largest absolute Gasteiger partial charge is 0.465 e. The number of carbonyl (C=O) groups is 1. The Bertz CT molecular complexity index is 149. The van der Waals surface area contributed by atoms with E-state index in [1.54, 1.807) is 0 Å². The molecule has 0 radical (unpaired) electrons. The summed E-state index contributed by atoms with van der Waals surface area (Å²) >= 11 is 0. The lowest BCUT2D eigenvalue weighted by Gasteiger charge is -2.27. The molecule has 0 saturated carbocycles. The monoisotopic (exact) mass is 158 g/mol. The lowest BCUT2D eigenvalue weighted by atomic mass is 9.98. The Balaban J connectivity index is 2.28. The molecule has 1 fully saturated rings. The Labute approximate surface area is 66.0 Å². The van der Waals surface area contributed by atoms with E-state index in [0.29, 0.717) is 5.92 Å². The van der Waals surface area contributed by atoms with Gasteiger partial charge in [0, 0.05) is 12.6 Å². The zero-order valence-electron chi connectivity index (χ0n) is 6.63. The van der Waals surface area contributed by atoms with Crippen molar-refractivity contribution in [1.29, 1.82) is 0 Å². The topological polar surface area (TPSA) is 61.4 Å². The summed E-state index contributed by atoms with van der Waals surface area (Å²) in [6.45, 7) is 3.87. The predicted octanol–water partition coefficient (Wildman–Crippen LogP) is 0.252. The van der Waals surface area contributed by atoms with Gasteiger partial charge in [0.15, 0.2) is 0 Å². The lowest BCUT2D eigenvalue weighted by Crippen LogP contribution is -2.47. The second-order valence-corrected chi connectivity index (χ2v) is 3.15. The van der Waals surface area contributed by atoms with E-state index < -0.39 is 6.09 Å². The van der Waals surface area contributed by atoms with Gasteiger partial charge in [0.25, 0.3) is 0 Å². The molecule has 1 amide bonds. The first-order chi connectivity index (χ1) is 5.18. The SMILES string of the molecule is C[C@@H]1CNC[C@H](NC(=O)O)C1. The highest BCUT2D eigenvalue weighted by molar-refractivity contribution is 5.64. The number of nitrogens with one attached hydrogen (secondary N) is 2. The highest BCUT2D eigenvalue weighted by Gasteiger charge is 2.19. The zero-order chi connectivity index (χ0) is 8.27. The van der Waals surface area contributed by atoms with Crippen LogP contribution in [-0.2, 0) is 0 Å². The van der Waals surface area contributed by atoms with Gasteiger partial charge in [-0.15, -0.1) is 0 Å². The van der Waals surface area contributed by atoms with Crippen molar-refractivity contribution < 1.29 is 9.90 Å². The fourth-order valence-electron chi connectivity index (χ4n) is 1.44. The van der Waals surface area contributed by atoms with E-state index in [1.807, 2.05) is 0 Å². The molecule has 0 spiro atoms. The Morgan fingerprint density at radius 2 is 2.36 bits per heavy atom. The second-order valence-electron chi connectivity index (χ2n) is 3.15. The van der Waals surface area contributed by atoms with E-state index in [2.05, 4.69) is 17.6 Å². The summed E-state index contributed by atoms with van der Waals surface area (Å²) in [6, 6.07) is 0.0937. The van der Waals surface area contributed by atoms with Crippen LogP contribution in [-0.4, -0.2) is 30.3 Å². The van der Waals surface area contributed by atoms with Crippen LogP contribution in [0.2, 0.25) is 0 Å². The molecular weight excluding hydrogens is 144 g/mol. The molecule has 0 bridgehead atoms. The summed E-state index contributed by atoms with van der Waals surface area (Å²) in [4.78, 5) is 10.2. The summed E-state index contributed by atoms with van der Waals surface area (Å²) in [5.41, 5.74) is 0. The average molecular weight is 158 g/mol. The van der Waals surface area contributed by atoms with Gasteiger partial charge in [-0.3, -0.25) is 0 Å². The molecule has 0 aliphatic carbocycles. The van der Waals surface area contributed by atoms with Crippen LogP contribution in [0.1, 0.15) is 13.3 Å². The minimum Gasteiger partial charge on any atom is -0.465 e. The minimum atomic E-state index is -0.925. The van der Waals surface area contributed by atoms with Gasteiger partial charge < -0.3 is 15.7 Å². The lowest BCUT2D eigenvalue weighted by molar-refractivity contribution is 0.184. The van der Waals surface area contributed by atoms with Crippen molar-refractivity contribution in [2.24, 2.45) is 5.92 Å². The molecule has 1 heterocycles. The second kappa shape index (κ2) is 3.57. The number of piperidine rings is 1. The molecule has 1 aliphatic heterocycles. The molecule has 0 aromatic rings. The Kier molecular flexibility index (Phi) is 2.70. The van der Waals surface area contributed by atoms with Crippen LogP contribution in [0.3, 0.4) is 0 Å². The van der Waals surface area contributed by atoms with Gasteiger partial charge in [0.2, 0.25) is 0 Å². The third kappa shape index (κ3) is 2.76. The van der Waals surface area contributed by atoms with E-state index in [0.717, 1.165) is 19.5 Å². The van der Waals surface area contributed by atoms with Crippen LogP contribution in [0.15, 0.2) is 0 Å². The van der Waals surface area contributed by atoms with Crippen LogP contribution in [0.4, 0.5) is 4.79 Å². The van der Waals surface area contributed by atoms with Crippen LogP contribution < -0.4 is 10.6 Å². The zero-order valence-corrected chi connectivity index (χ0v) is 6.63. The fourth-order valence-corrected chi connectivity index (χ4v) is 1.44. The fraction of sp³-hybridized carbons (Fsp3) is 0.857. The van der Waals surface area contributed by atoms with Crippen molar-refractivity contribution in [1.82, 2.24) is 10.6 Å². The molecule has 4 nitrogen and oxygen atoms in total. The number of hydrogen-bond acceptors (Lipinski definition) is 2. The van der Waals surface area contributed by atoms with Gasteiger partial charge >= 0.3 is 6.09 Å². The van der Waals surface area contributed by atoms with Crippen molar-refractivity contribution in [3.8, 4) is 0 Å². The first-order valence-corrected chi connectivity index (χ1v) is 3.88. The minimum absolute atomic E-state index is 0.0937. The third-order valence-electron chi connectivity index (χ3n) is 1.90. The smallest absolute Gasteiger partial charge is 0.404 e. The van der Waals surface area contributed by atoms with Gasteiger partial charge in [-0.1, -0.05) is 6.92 Å². The molecule has 0 aromatic carbocycles. The number of carboxylic acid groups (broad SMARTS) is 1. The van der Waals surface area contributed by atoms with Gasteiger partial charge in [-0.2, -0.15) is 0 Å². The molecule has 1 saturated heterocycles. The number of rotatable bonds is 1. The molecule has 64 valence electrons. The standard InChI is InChI=1S/C7H14N2O2/c1-5-2-6(4-8-3-5)9-7(10)11/h5-6,8-9H,2-4H2,1H3,(H,10,11)/t5-,6+/m0/s1. The maximum absolute atomic E-state index is 10.2. The van der Waals surface area contributed by atoms with Crippen molar-refractivity contribution in [2.75, 3.05) is 13.1 Å². The van der Waals surface area contributed by atoms with Crippen LogP contribution in [0.25, 0.3) is 0 Å². The Hall–Kier alpha value is -0.770. The van der Waals surface area contributed by atoms with Crippen molar-refractivity contribution in [2.45, 2.75) is 19.4 Å². The molecule has 11 heavy (non-hydrogen) atoms. The number of hydrogen-bond donors (Lipinski definition) is 3. The average Bonchev–Trinajstić information content (AvgIpc) is 1.85. The third-order valence-corrected chi connectivity index (χ3v) is 1.90. The Morgan fingerprint density at radius 1 is 1.64 bits per heavy atom. The maximum Gasteiger partial charge on any atom is 0.404 e. The first kappa shape index (κ1) is 8.33. The normalized spacial score (nSPS) is 31.4. The van der Waals surface area contributed by atoms with E-state index in [4.69, 9.17) is 5.11 Å². The van der Waals surface area contributed by atoms with Gasteiger partial charge in [0.05, 0.1) is 0 Å². The van der Waals surface area contributed by atoms with E-state index in [9.17, 15) is 4.79 Å². The molecule has 0 aromatic heterocycles. The highest BCUT2D eigenvalue weighted by atomic mass is 16.4. The van der Waals surface area contributed by atoms with Gasteiger partial charge in [0.1, 0.15) is 0 Å². The van der Waals surface area contributed by atoms with Crippen LogP contribution in [0.5, 0.6) is 0 Å². The molecule has 3 N–H and O–H groups in total. The van der Waals surface area contributed by atoms with Gasteiger partial charge in [-0.25, -0.2) is 4.79 Å². The summed E-state index contributed by atoms with van der Waals surface area (Å²) < 4.78 is 0. The molecule has 4 heteroatoms. The van der Waals surface area contributed by atoms with Gasteiger partial charge in [-0.05, 0) is 18.9 Å². The van der Waals surface area contributed by atoms with E-state index >= 15 is 0 Å². The quantitative estimate of drug-likeness (QED) is 0.512. The van der Waals surface area contributed by atoms with Crippen molar-refractivity contribution in [3.63, 3.8) is 0 Å². The molecule has 2 atom stereocenters. The van der Waals surface area contributed by atoms with Crippen molar-refractivity contribution in [3.05, 3.63) is 0 Å².